The molecule has 0 aromatic heterocycles. The molecular weight excluding hydrogens is 376 g/mol. The molecule has 5 nitrogen and oxygen atoms in total. The number of Topliss-reactive ketones (excluding diaryl/α,β-unsaturated/α-hetero) is 1. The highest BCUT2D eigenvalue weighted by Crippen LogP contribution is 2.25. The van der Waals surface area contributed by atoms with Gasteiger partial charge < -0.3 is 15.7 Å². The first-order valence-corrected chi connectivity index (χ1v) is 10.7. The molecule has 2 aromatic rings. The number of amides is 1. The van der Waals surface area contributed by atoms with Crippen LogP contribution in [-0.4, -0.2) is 35.9 Å². The van der Waals surface area contributed by atoms with E-state index in [9.17, 15) is 14.7 Å². The van der Waals surface area contributed by atoms with Gasteiger partial charge in [-0.2, -0.15) is 0 Å². The number of carbonyl (C=O) groups excluding carboxylic acids is 2. The topological polar surface area (TPSA) is 78.4 Å². The Hall–Kier alpha value is -2.50. The van der Waals surface area contributed by atoms with Crippen LogP contribution >= 0.6 is 0 Å². The van der Waals surface area contributed by atoms with Crippen LogP contribution in [0.25, 0.3) is 0 Å². The lowest BCUT2D eigenvalue weighted by Crippen LogP contribution is -2.34. The number of aliphatic hydroxyl groups excluding tert-OH is 1. The minimum absolute atomic E-state index is 0.0295. The fourth-order valence-corrected chi connectivity index (χ4v) is 3.39. The van der Waals surface area contributed by atoms with E-state index in [1.165, 1.54) is 6.92 Å². The van der Waals surface area contributed by atoms with Gasteiger partial charge in [0.25, 0.3) is 5.91 Å². The van der Waals surface area contributed by atoms with E-state index in [4.69, 9.17) is 0 Å². The Morgan fingerprint density at radius 2 is 1.73 bits per heavy atom. The van der Waals surface area contributed by atoms with Gasteiger partial charge in [-0.15, -0.1) is 0 Å². The van der Waals surface area contributed by atoms with Crippen molar-refractivity contribution in [3.63, 3.8) is 0 Å². The highest BCUT2D eigenvalue weighted by Gasteiger charge is 2.21. The first-order chi connectivity index (χ1) is 14.2. The Morgan fingerprint density at radius 1 is 1.07 bits per heavy atom. The van der Waals surface area contributed by atoms with Crippen LogP contribution in [0, 0.1) is 6.92 Å². The van der Waals surface area contributed by atoms with Crippen molar-refractivity contribution >= 4 is 11.7 Å². The maximum atomic E-state index is 12.3. The molecule has 0 saturated heterocycles. The molecule has 0 aliphatic heterocycles. The van der Waals surface area contributed by atoms with Crippen molar-refractivity contribution in [2.45, 2.75) is 59.1 Å². The van der Waals surface area contributed by atoms with E-state index >= 15 is 0 Å². The van der Waals surface area contributed by atoms with Crippen molar-refractivity contribution < 1.29 is 14.7 Å². The Balaban J connectivity index is 2.10. The number of nitrogens with one attached hydrogen (secondary N) is 2. The summed E-state index contributed by atoms with van der Waals surface area (Å²) in [6, 6.07) is 13.2. The Kier molecular flexibility index (Phi) is 8.75. The smallest absolute Gasteiger partial charge is 0.251 e. The standard InChI is InChI=1S/C25H34N2O3/c1-6-13-26-25(30)21-11-12-22(23(14-21)19(5)28)17(3)18(4)27-15-24(29)20-9-7-16(2)8-10-20/h7-12,14,17-18,24,27,29H,6,13,15H2,1-5H3,(H,26,30). The van der Waals surface area contributed by atoms with Crippen LogP contribution in [0.5, 0.6) is 0 Å². The highest BCUT2D eigenvalue weighted by molar-refractivity contribution is 6.00. The molecule has 1 amide bonds. The summed E-state index contributed by atoms with van der Waals surface area (Å²) in [5, 5.41) is 16.7. The lowest BCUT2D eigenvalue weighted by molar-refractivity contribution is 0.0953. The summed E-state index contributed by atoms with van der Waals surface area (Å²) in [5.74, 6) is -0.193. The Bertz CT molecular complexity index is 861. The normalized spacial score (nSPS) is 14.1. The molecular formula is C25H34N2O3. The summed E-state index contributed by atoms with van der Waals surface area (Å²) in [4.78, 5) is 24.5. The van der Waals surface area contributed by atoms with Crippen LogP contribution in [0.3, 0.4) is 0 Å². The van der Waals surface area contributed by atoms with E-state index in [0.29, 0.717) is 24.2 Å². The highest BCUT2D eigenvalue weighted by atomic mass is 16.3. The number of hydrogen-bond acceptors (Lipinski definition) is 4. The molecule has 0 radical (unpaired) electrons. The van der Waals surface area contributed by atoms with Crippen LogP contribution < -0.4 is 10.6 Å². The molecule has 3 unspecified atom stereocenters. The summed E-state index contributed by atoms with van der Waals surface area (Å²) >= 11 is 0. The van der Waals surface area contributed by atoms with Gasteiger partial charge in [0.1, 0.15) is 0 Å². The molecule has 0 spiro atoms. The van der Waals surface area contributed by atoms with Crippen LogP contribution in [-0.2, 0) is 0 Å². The van der Waals surface area contributed by atoms with Gasteiger partial charge in [-0.25, -0.2) is 0 Å². The number of carbonyl (C=O) groups is 2. The zero-order valence-electron chi connectivity index (χ0n) is 18.7. The molecule has 0 fully saturated rings. The van der Waals surface area contributed by atoms with Gasteiger partial charge in [0.15, 0.2) is 5.78 Å². The molecule has 0 saturated carbocycles. The molecule has 162 valence electrons. The van der Waals surface area contributed by atoms with E-state index in [1.54, 1.807) is 12.1 Å². The third-order valence-corrected chi connectivity index (χ3v) is 5.57. The average molecular weight is 411 g/mol. The minimum Gasteiger partial charge on any atom is -0.387 e. The Morgan fingerprint density at radius 3 is 2.33 bits per heavy atom. The largest absolute Gasteiger partial charge is 0.387 e. The number of aryl methyl sites for hydroxylation is 1. The van der Waals surface area contributed by atoms with Crippen molar-refractivity contribution in [3.05, 3.63) is 70.3 Å². The third-order valence-electron chi connectivity index (χ3n) is 5.57. The maximum Gasteiger partial charge on any atom is 0.251 e. The number of rotatable bonds is 10. The molecule has 30 heavy (non-hydrogen) atoms. The second-order valence-electron chi connectivity index (χ2n) is 8.03. The predicted molar refractivity (Wildman–Crippen MR) is 121 cm³/mol. The molecule has 0 heterocycles. The quantitative estimate of drug-likeness (QED) is 0.514. The van der Waals surface area contributed by atoms with Gasteiger partial charge in [-0.05, 0) is 56.4 Å². The molecule has 3 atom stereocenters. The third kappa shape index (κ3) is 6.25. The van der Waals surface area contributed by atoms with Crippen molar-refractivity contribution in [2.24, 2.45) is 0 Å². The number of hydrogen-bond donors (Lipinski definition) is 3. The molecule has 0 bridgehead atoms. The molecule has 5 heteroatoms. The lowest BCUT2D eigenvalue weighted by atomic mass is 9.87. The number of aliphatic hydroxyl groups is 1. The molecule has 2 aromatic carbocycles. The second-order valence-corrected chi connectivity index (χ2v) is 8.03. The fraction of sp³-hybridized carbons (Fsp3) is 0.440. The van der Waals surface area contributed by atoms with Crippen LogP contribution in [0.15, 0.2) is 42.5 Å². The molecule has 0 aliphatic rings. The van der Waals surface area contributed by atoms with Crippen molar-refractivity contribution in [1.29, 1.82) is 0 Å². The first-order valence-electron chi connectivity index (χ1n) is 10.7. The first kappa shape index (κ1) is 23.8. The van der Waals surface area contributed by atoms with Gasteiger partial charge in [0.2, 0.25) is 0 Å². The van der Waals surface area contributed by atoms with Crippen LogP contribution in [0.1, 0.15) is 83.5 Å². The van der Waals surface area contributed by atoms with E-state index in [1.807, 2.05) is 51.1 Å². The maximum absolute atomic E-state index is 12.3. The van der Waals surface area contributed by atoms with Crippen molar-refractivity contribution in [1.82, 2.24) is 10.6 Å². The lowest BCUT2D eigenvalue weighted by Gasteiger charge is -2.25. The zero-order chi connectivity index (χ0) is 22.3. The fourth-order valence-electron chi connectivity index (χ4n) is 3.39. The minimum atomic E-state index is -0.600. The van der Waals surface area contributed by atoms with E-state index in [2.05, 4.69) is 17.6 Å². The van der Waals surface area contributed by atoms with Crippen LogP contribution in [0.4, 0.5) is 0 Å². The van der Waals surface area contributed by atoms with Gasteiger partial charge in [-0.1, -0.05) is 49.7 Å². The van der Waals surface area contributed by atoms with Crippen molar-refractivity contribution in [3.8, 4) is 0 Å². The van der Waals surface area contributed by atoms with E-state index in [-0.39, 0.29) is 23.7 Å². The molecule has 2 rings (SSSR count). The average Bonchev–Trinajstić information content (AvgIpc) is 2.74. The van der Waals surface area contributed by atoms with Crippen molar-refractivity contribution in [2.75, 3.05) is 13.1 Å². The summed E-state index contributed by atoms with van der Waals surface area (Å²) in [6.07, 6.45) is 0.259. The SMILES string of the molecule is CCCNC(=O)c1ccc(C(C)C(C)NCC(O)c2ccc(C)cc2)c(C(C)=O)c1. The summed E-state index contributed by atoms with van der Waals surface area (Å²) < 4.78 is 0. The predicted octanol–water partition coefficient (Wildman–Crippen LogP) is 4.15. The van der Waals surface area contributed by atoms with Gasteiger partial charge in [0, 0.05) is 30.3 Å². The summed E-state index contributed by atoms with van der Waals surface area (Å²) in [7, 11) is 0. The Labute approximate surface area is 179 Å². The van der Waals surface area contributed by atoms with Gasteiger partial charge in [-0.3, -0.25) is 9.59 Å². The van der Waals surface area contributed by atoms with E-state index < -0.39 is 6.10 Å². The number of benzene rings is 2. The second kappa shape index (κ2) is 11.0. The zero-order valence-corrected chi connectivity index (χ0v) is 18.7. The summed E-state index contributed by atoms with van der Waals surface area (Å²) in [6.45, 7) is 10.7. The molecule has 0 aliphatic carbocycles. The van der Waals surface area contributed by atoms with Gasteiger partial charge in [0.05, 0.1) is 6.10 Å². The van der Waals surface area contributed by atoms with Gasteiger partial charge >= 0.3 is 0 Å². The van der Waals surface area contributed by atoms with E-state index in [0.717, 1.165) is 23.1 Å². The monoisotopic (exact) mass is 410 g/mol. The number of ketones is 1. The van der Waals surface area contributed by atoms with Crippen LogP contribution in [0.2, 0.25) is 0 Å². The summed E-state index contributed by atoms with van der Waals surface area (Å²) in [5.41, 5.74) is 4.00. The molecule has 3 N–H and O–H groups in total.